The van der Waals surface area contributed by atoms with Crippen LogP contribution in [0.4, 0.5) is 0 Å². The summed E-state index contributed by atoms with van der Waals surface area (Å²) in [5.74, 6) is 3.12. The Labute approximate surface area is 210 Å². The maximum Gasteiger partial charge on any atom is 0.161 e. The SMILES string of the molecule is COc1cc(-n2ccc3c(-c4ccc5c(c4)OCCO5)cccc32)cc(OC)c1CN1CC[C@H](O)C1. The molecule has 2 aliphatic heterocycles. The Balaban J connectivity index is 1.40. The highest BCUT2D eigenvalue weighted by Gasteiger charge is 2.24. The average Bonchev–Trinajstić information content (AvgIpc) is 3.54. The lowest BCUT2D eigenvalue weighted by molar-refractivity contribution is 0.171. The summed E-state index contributed by atoms with van der Waals surface area (Å²) in [6.07, 6.45) is 2.61. The number of β-amino-alcohol motifs (C(OH)–C–C–N with tert-alkyl or cyclic N) is 1. The Morgan fingerprint density at radius 2 is 1.72 bits per heavy atom. The van der Waals surface area contributed by atoms with Crippen molar-refractivity contribution in [3.05, 3.63) is 66.4 Å². The normalized spacial score (nSPS) is 17.5. The molecule has 1 N–H and O–H groups in total. The standard InChI is InChI=1S/C29H30N2O5/c1-33-27-15-20(16-28(34-2)24(27)18-30-10-8-21(32)17-30)31-11-9-23-22(4-3-5-25(23)31)19-6-7-26-29(14-19)36-13-12-35-26/h3-7,9,11,14-16,21,32H,8,10,12-13,17-18H2,1-2H3/t21-/m0/s1. The molecule has 186 valence electrons. The first kappa shape index (κ1) is 22.8. The number of nitrogens with zero attached hydrogens (tertiary/aromatic N) is 2. The molecule has 1 aromatic heterocycles. The topological polar surface area (TPSA) is 65.3 Å². The number of aliphatic hydroxyl groups excluding tert-OH is 1. The van der Waals surface area contributed by atoms with Crippen LogP contribution in [0, 0.1) is 0 Å². The molecule has 1 saturated heterocycles. The van der Waals surface area contributed by atoms with Crippen molar-refractivity contribution >= 4 is 10.9 Å². The molecule has 0 unspecified atom stereocenters. The van der Waals surface area contributed by atoms with Crippen molar-refractivity contribution < 1.29 is 24.1 Å². The zero-order chi connectivity index (χ0) is 24.6. The highest BCUT2D eigenvalue weighted by molar-refractivity contribution is 5.96. The van der Waals surface area contributed by atoms with Gasteiger partial charge in [0.2, 0.25) is 0 Å². The predicted octanol–water partition coefficient (Wildman–Crippen LogP) is 4.65. The molecule has 0 saturated carbocycles. The molecule has 3 aromatic carbocycles. The Kier molecular flexibility index (Phi) is 5.95. The molecule has 0 aliphatic carbocycles. The molecule has 7 heteroatoms. The van der Waals surface area contributed by atoms with Gasteiger partial charge in [-0.25, -0.2) is 0 Å². The van der Waals surface area contributed by atoms with Crippen molar-refractivity contribution in [2.45, 2.75) is 19.1 Å². The molecule has 7 nitrogen and oxygen atoms in total. The van der Waals surface area contributed by atoms with E-state index in [-0.39, 0.29) is 6.10 Å². The molecule has 4 aromatic rings. The summed E-state index contributed by atoms with van der Waals surface area (Å²) in [4.78, 5) is 2.23. The van der Waals surface area contributed by atoms with E-state index < -0.39 is 0 Å². The maximum atomic E-state index is 9.94. The molecule has 1 fully saturated rings. The third-order valence-electron chi connectivity index (χ3n) is 7.09. The van der Waals surface area contributed by atoms with Crippen molar-refractivity contribution in [1.82, 2.24) is 9.47 Å². The number of hydrogen-bond acceptors (Lipinski definition) is 6. The van der Waals surface area contributed by atoms with Gasteiger partial charge in [-0.3, -0.25) is 4.90 Å². The molecular weight excluding hydrogens is 456 g/mol. The molecule has 2 aliphatic rings. The largest absolute Gasteiger partial charge is 0.496 e. The minimum Gasteiger partial charge on any atom is -0.496 e. The maximum absolute atomic E-state index is 9.94. The van der Waals surface area contributed by atoms with Gasteiger partial charge in [-0.15, -0.1) is 0 Å². The van der Waals surface area contributed by atoms with Gasteiger partial charge in [0.05, 0.1) is 37.1 Å². The first-order valence-electron chi connectivity index (χ1n) is 12.3. The summed E-state index contributed by atoms with van der Waals surface area (Å²) in [6.45, 7) is 3.34. The molecule has 1 atom stereocenters. The van der Waals surface area contributed by atoms with Gasteiger partial charge in [0.15, 0.2) is 11.5 Å². The smallest absolute Gasteiger partial charge is 0.161 e. The lowest BCUT2D eigenvalue weighted by Crippen LogP contribution is -2.22. The van der Waals surface area contributed by atoms with Crippen molar-refractivity contribution in [3.8, 4) is 39.8 Å². The number of fused-ring (bicyclic) bond motifs is 2. The van der Waals surface area contributed by atoms with E-state index in [0.29, 0.717) is 26.3 Å². The second-order valence-electron chi connectivity index (χ2n) is 9.29. The van der Waals surface area contributed by atoms with Crippen molar-refractivity contribution in [1.29, 1.82) is 0 Å². The minimum atomic E-state index is -0.268. The highest BCUT2D eigenvalue weighted by atomic mass is 16.6. The molecule has 0 amide bonds. The van der Waals surface area contributed by atoms with Crippen LogP contribution in [0.2, 0.25) is 0 Å². The van der Waals surface area contributed by atoms with E-state index in [0.717, 1.165) is 69.2 Å². The summed E-state index contributed by atoms with van der Waals surface area (Å²) in [6, 6.07) is 18.7. The van der Waals surface area contributed by atoms with Crippen molar-refractivity contribution in [3.63, 3.8) is 0 Å². The van der Waals surface area contributed by atoms with Crippen LogP contribution in [0.3, 0.4) is 0 Å². The zero-order valence-electron chi connectivity index (χ0n) is 20.6. The first-order chi connectivity index (χ1) is 17.6. The summed E-state index contributed by atoms with van der Waals surface area (Å²) >= 11 is 0. The van der Waals surface area contributed by atoms with E-state index in [2.05, 4.69) is 64.2 Å². The molecule has 0 radical (unpaired) electrons. The van der Waals surface area contributed by atoms with Crippen LogP contribution < -0.4 is 18.9 Å². The number of ether oxygens (including phenoxy) is 4. The number of methoxy groups -OCH3 is 2. The fourth-order valence-electron chi connectivity index (χ4n) is 5.30. The fourth-order valence-corrected chi connectivity index (χ4v) is 5.30. The van der Waals surface area contributed by atoms with Crippen LogP contribution in [-0.4, -0.2) is 61.2 Å². The van der Waals surface area contributed by atoms with E-state index in [1.807, 2.05) is 6.07 Å². The number of rotatable bonds is 6. The molecule has 3 heterocycles. The lowest BCUT2D eigenvalue weighted by atomic mass is 10.0. The van der Waals surface area contributed by atoms with E-state index in [1.54, 1.807) is 14.2 Å². The van der Waals surface area contributed by atoms with Crippen LogP contribution in [0.1, 0.15) is 12.0 Å². The van der Waals surface area contributed by atoms with E-state index >= 15 is 0 Å². The molecule has 0 spiro atoms. The predicted molar refractivity (Wildman–Crippen MR) is 139 cm³/mol. The number of likely N-dealkylation sites (tertiary alicyclic amines) is 1. The van der Waals surface area contributed by atoms with Gasteiger partial charge >= 0.3 is 0 Å². The minimum absolute atomic E-state index is 0.268. The van der Waals surface area contributed by atoms with E-state index in [9.17, 15) is 5.11 Å². The second kappa shape index (κ2) is 9.41. The van der Waals surface area contributed by atoms with Crippen molar-refractivity contribution in [2.75, 3.05) is 40.5 Å². The van der Waals surface area contributed by atoms with Gasteiger partial charge in [-0.1, -0.05) is 18.2 Å². The van der Waals surface area contributed by atoms with Gasteiger partial charge in [-0.2, -0.15) is 0 Å². The van der Waals surface area contributed by atoms with Gasteiger partial charge in [0.25, 0.3) is 0 Å². The van der Waals surface area contributed by atoms with E-state index in [4.69, 9.17) is 18.9 Å². The Hall–Kier alpha value is -3.68. The summed E-state index contributed by atoms with van der Waals surface area (Å²) in [5.41, 5.74) is 5.25. The average molecular weight is 487 g/mol. The van der Waals surface area contributed by atoms with Gasteiger partial charge in [0, 0.05) is 43.4 Å². The van der Waals surface area contributed by atoms with E-state index in [1.165, 1.54) is 0 Å². The van der Waals surface area contributed by atoms with Crippen LogP contribution >= 0.6 is 0 Å². The van der Waals surface area contributed by atoms with Gasteiger partial charge in [0.1, 0.15) is 24.7 Å². The van der Waals surface area contributed by atoms with Gasteiger partial charge < -0.3 is 28.6 Å². The third-order valence-corrected chi connectivity index (χ3v) is 7.09. The van der Waals surface area contributed by atoms with Crippen molar-refractivity contribution in [2.24, 2.45) is 0 Å². The monoisotopic (exact) mass is 486 g/mol. The Morgan fingerprint density at radius 3 is 2.44 bits per heavy atom. The molecule has 0 bridgehead atoms. The highest BCUT2D eigenvalue weighted by Crippen LogP contribution is 2.39. The van der Waals surface area contributed by atoms with Crippen LogP contribution in [0.5, 0.6) is 23.0 Å². The third kappa shape index (κ3) is 4.04. The first-order valence-corrected chi connectivity index (χ1v) is 12.3. The second-order valence-corrected chi connectivity index (χ2v) is 9.29. The molecule has 36 heavy (non-hydrogen) atoms. The lowest BCUT2D eigenvalue weighted by Gasteiger charge is -2.21. The number of aromatic nitrogens is 1. The number of benzene rings is 3. The number of hydrogen-bond donors (Lipinski definition) is 1. The Bertz CT molecular complexity index is 1390. The summed E-state index contributed by atoms with van der Waals surface area (Å²) in [5, 5.41) is 11.1. The molecular formula is C29H30N2O5. The van der Waals surface area contributed by atoms with Crippen LogP contribution in [-0.2, 0) is 6.54 Å². The Morgan fingerprint density at radius 1 is 0.944 bits per heavy atom. The zero-order valence-corrected chi connectivity index (χ0v) is 20.6. The van der Waals surface area contributed by atoms with Crippen LogP contribution in [0.25, 0.3) is 27.7 Å². The molecule has 6 rings (SSSR count). The van der Waals surface area contributed by atoms with Gasteiger partial charge in [-0.05, 0) is 41.8 Å². The summed E-state index contributed by atoms with van der Waals surface area (Å²) in [7, 11) is 3.38. The number of aliphatic hydroxyl groups is 1. The quantitative estimate of drug-likeness (QED) is 0.428. The van der Waals surface area contributed by atoms with Crippen LogP contribution in [0.15, 0.2) is 60.8 Å². The fraction of sp³-hybridized carbons (Fsp3) is 0.310. The summed E-state index contributed by atoms with van der Waals surface area (Å²) < 4.78 is 25.3.